The number of nitrogens with one attached hydrogen (secondary N) is 1. The van der Waals surface area contributed by atoms with Gasteiger partial charge in [0.25, 0.3) is 5.91 Å². The fourth-order valence-corrected chi connectivity index (χ4v) is 4.22. The Kier molecular flexibility index (Phi) is 9.39. The molecule has 0 radical (unpaired) electrons. The van der Waals surface area contributed by atoms with Gasteiger partial charge in [-0.05, 0) is 95.6 Å². The molecule has 0 heterocycles. The van der Waals surface area contributed by atoms with Gasteiger partial charge < -0.3 is 14.8 Å². The molecule has 1 amide bonds. The summed E-state index contributed by atoms with van der Waals surface area (Å²) in [6.45, 7) is 4.58. The standard InChI is InChI=1S/C26H21BrClIN2O3/c1-3-33-24-12-18(11-23(29)25(24)34-15-17-5-7-20(27)8-6-17)10-19(14-30)26(32)31-21-9-4-16(2)22(28)13-21/h4-13H,3,15H2,1-2H3,(H,31,32)/b19-10-. The molecule has 0 aliphatic rings. The number of anilines is 1. The number of carbonyl (C=O) groups is 1. The van der Waals surface area contributed by atoms with Gasteiger partial charge in [-0.1, -0.05) is 45.7 Å². The molecule has 0 bridgehead atoms. The maximum absolute atomic E-state index is 12.7. The number of rotatable bonds is 8. The topological polar surface area (TPSA) is 71.3 Å². The third-order valence-electron chi connectivity index (χ3n) is 4.73. The van der Waals surface area contributed by atoms with Crippen LogP contribution in [0.5, 0.6) is 11.5 Å². The molecule has 0 saturated heterocycles. The minimum Gasteiger partial charge on any atom is -0.490 e. The number of nitrogens with zero attached hydrogens (tertiary/aromatic N) is 1. The van der Waals surface area contributed by atoms with Crippen LogP contribution in [0, 0.1) is 21.8 Å². The van der Waals surface area contributed by atoms with Crippen LogP contribution in [0.4, 0.5) is 5.69 Å². The van der Waals surface area contributed by atoms with E-state index in [0.29, 0.717) is 41.0 Å². The van der Waals surface area contributed by atoms with Crippen molar-refractivity contribution in [2.75, 3.05) is 11.9 Å². The van der Waals surface area contributed by atoms with Crippen molar-refractivity contribution < 1.29 is 14.3 Å². The van der Waals surface area contributed by atoms with Crippen LogP contribution >= 0.6 is 50.1 Å². The second kappa shape index (κ2) is 12.2. The molecular weight excluding hydrogens is 631 g/mol. The van der Waals surface area contributed by atoms with Crippen molar-refractivity contribution >= 4 is 67.8 Å². The lowest BCUT2D eigenvalue weighted by Crippen LogP contribution is -2.13. The molecule has 0 saturated carbocycles. The van der Waals surface area contributed by atoms with E-state index in [1.54, 1.807) is 24.3 Å². The van der Waals surface area contributed by atoms with E-state index in [9.17, 15) is 10.1 Å². The SMILES string of the molecule is CCOc1cc(/C=C(/C#N)C(=O)Nc2ccc(C)c(Cl)c2)cc(I)c1OCc1ccc(Br)cc1. The minimum atomic E-state index is -0.522. The van der Waals surface area contributed by atoms with Gasteiger partial charge in [-0.2, -0.15) is 5.26 Å². The Morgan fingerprint density at radius 3 is 2.56 bits per heavy atom. The Morgan fingerprint density at radius 1 is 1.18 bits per heavy atom. The van der Waals surface area contributed by atoms with E-state index in [4.69, 9.17) is 21.1 Å². The van der Waals surface area contributed by atoms with E-state index in [-0.39, 0.29) is 5.57 Å². The first-order valence-electron chi connectivity index (χ1n) is 10.3. The summed E-state index contributed by atoms with van der Waals surface area (Å²) >= 11 is 11.7. The van der Waals surface area contributed by atoms with Crippen molar-refractivity contribution in [3.8, 4) is 17.6 Å². The highest BCUT2D eigenvalue weighted by atomic mass is 127. The van der Waals surface area contributed by atoms with Crippen molar-refractivity contribution in [1.29, 1.82) is 5.26 Å². The zero-order valence-corrected chi connectivity index (χ0v) is 23.0. The summed E-state index contributed by atoms with van der Waals surface area (Å²) in [6.07, 6.45) is 1.52. The molecule has 0 spiro atoms. The average molecular weight is 652 g/mol. The molecule has 0 aromatic heterocycles. The third kappa shape index (κ3) is 6.98. The van der Waals surface area contributed by atoms with E-state index in [2.05, 4.69) is 43.8 Å². The van der Waals surface area contributed by atoms with E-state index in [0.717, 1.165) is 19.2 Å². The number of halogens is 3. The number of ether oxygens (including phenoxy) is 2. The summed E-state index contributed by atoms with van der Waals surface area (Å²) < 4.78 is 13.7. The number of amides is 1. The molecule has 8 heteroatoms. The summed E-state index contributed by atoms with van der Waals surface area (Å²) in [5.41, 5.74) is 3.04. The second-order valence-corrected chi connectivity index (χ2v) is 9.75. The molecule has 0 unspecified atom stereocenters. The predicted molar refractivity (Wildman–Crippen MR) is 147 cm³/mol. The molecule has 34 heavy (non-hydrogen) atoms. The van der Waals surface area contributed by atoms with E-state index in [1.807, 2.05) is 50.2 Å². The van der Waals surface area contributed by atoms with E-state index in [1.165, 1.54) is 6.08 Å². The summed E-state index contributed by atoms with van der Waals surface area (Å²) in [6, 6.07) is 18.6. The molecule has 0 fully saturated rings. The number of aryl methyl sites for hydroxylation is 1. The lowest BCUT2D eigenvalue weighted by atomic mass is 10.1. The largest absolute Gasteiger partial charge is 0.490 e. The summed E-state index contributed by atoms with van der Waals surface area (Å²) in [4.78, 5) is 12.7. The van der Waals surface area contributed by atoms with Crippen molar-refractivity contribution in [3.63, 3.8) is 0 Å². The van der Waals surface area contributed by atoms with Gasteiger partial charge in [0.15, 0.2) is 11.5 Å². The molecular formula is C26H21BrClIN2O3. The fourth-order valence-electron chi connectivity index (χ4n) is 2.99. The van der Waals surface area contributed by atoms with Crippen molar-refractivity contribution in [3.05, 3.63) is 89.9 Å². The van der Waals surface area contributed by atoms with Gasteiger partial charge in [0.1, 0.15) is 18.2 Å². The van der Waals surface area contributed by atoms with Gasteiger partial charge in [0.2, 0.25) is 0 Å². The normalized spacial score (nSPS) is 11.0. The van der Waals surface area contributed by atoms with Crippen LogP contribution in [-0.2, 0) is 11.4 Å². The number of carbonyl (C=O) groups excluding carboxylic acids is 1. The molecule has 0 aliphatic carbocycles. The molecule has 3 rings (SSSR count). The fraction of sp³-hybridized carbons (Fsp3) is 0.154. The maximum Gasteiger partial charge on any atom is 0.266 e. The Bertz CT molecular complexity index is 1270. The zero-order valence-electron chi connectivity index (χ0n) is 18.5. The molecule has 3 aromatic rings. The molecule has 1 N–H and O–H groups in total. The lowest BCUT2D eigenvalue weighted by molar-refractivity contribution is -0.112. The van der Waals surface area contributed by atoms with E-state index >= 15 is 0 Å². The summed E-state index contributed by atoms with van der Waals surface area (Å²) in [5.74, 6) is 0.631. The number of hydrogen-bond donors (Lipinski definition) is 1. The number of hydrogen-bond acceptors (Lipinski definition) is 4. The Balaban J connectivity index is 1.84. The highest BCUT2D eigenvalue weighted by molar-refractivity contribution is 14.1. The number of benzene rings is 3. The van der Waals surface area contributed by atoms with Gasteiger partial charge in [-0.3, -0.25) is 4.79 Å². The Morgan fingerprint density at radius 2 is 1.91 bits per heavy atom. The monoisotopic (exact) mass is 650 g/mol. The van der Waals surface area contributed by atoms with Gasteiger partial charge in [0, 0.05) is 15.2 Å². The van der Waals surface area contributed by atoms with Crippen LogP contribution in [0.25, 0.3) is 6.08 Å². The first-order chi connectivity index (χ1) is 16.3. The van der Waals surface area contributed by atoms with Gasteiger partial charge in [-0.25, -0.2) is 0 Å². The maximum atomic E-state index is 12.7. The molecule has 3 aromatic carbocycles. The smallest absolute Gasteiger partial charge is 0.266 e. The predicted octanol–water partition coefficient (Wildman–Crippen LogP) is 7.54. The molecule has 0 aliphatic heterocycles. The second-order valence-electron chi connectivity index (χ2n) is 7.27. The zero-order chi connectivity index (χ0) is 24.7. The van der Waals surface area contributed by atoms with Crippen LogP contribution in [0.3, 0.4) is 0 Å². The molecule has 5 nitrogen and oxygen atoms in total. The van der Waals surface area contributed by atoms with Crippen molar-refractivity contribution in [2.45, 2.75) is 20.5 Å². The van der Waals surface area contributed by atoms with Crippen LogP contribution in [0.1, 0.15) is 23.6 Å². The van der Waals surface area contributed by atoms with Crippen LogP contribution < -0.4 is 14.8 Å². The van der Waals surface area contributed by atoms with Crippen molar-refractivity contribution in [1.82, 2.24) is 0 Å². The van der Waals surface area contributed by atoms with Crippen LogP contribution in [0.15, 0.2) is 64.6 Å². The number of nitriles is 1. The highest BCUT2D eigenvalue weighted by Gasteiger charge is 2.15. The Labute approximate surface area is 226 Å². The molecule has 0 atom stereocenters. The van der Waals surface area contributed by atoms with Crippen LogP contribution in [-0.4, -0.2) is 12.5 Å². The third-order valence-corrected chi connectivity index (χ3v) is 6.47. The van der Waals surface area contributed by atoms with Gasteiger partial charge in [-0.15, -0.1) is 0 Å². The summed E-state index contributed by atoms with van der Waals surface area (Å²) in [5, 5.41) is 12.8. The van der Waals surface area contributed by atoms with Gasteiger partial charge >= 0.3 is 0 Å². The van der Waals surface area contributed by atoms with Crippen LogP contribution in [0.2, 0.25) is 5.02 Å². The first kappa shape index (κ1) is 26.1. The molecule has 174 valence electrons. The quantitative estimate of drug-likeness (QED) is 0.155. The Hall–Kier alpha value is -2.54. The minimum absolute atomic E-state index is 0.0431. The first-order valence-corrected chi connectivity index (χ1v) is 12.6. The summed E-state index contributed by atoms with van der Waals surface area (Å²) in [7, 11) is 0. The van der Waals surface area contributed by atoms with Crippen molar-refractivity contribution in [2.24, 2.45) is 0 Å². The van der Waals surface area contributed by atoms with Gasteiger partial charge in [0.05, 0.1) is 10.2 Å². The highest BCUT2D eigenvalue weighted by Crippen LogP contribution is 2.35. The average Bonchev–Trinajstić information content (AvgIpc) is 2.80. The van der Waals surface area contributed by atoms with E-state index < -0.39 is 5.91 Å². The lowest BCUT2D eigenvalue weighted by Gasteiger charge is -2.15.